The number of carboxylic acid groups (broad SMARTS) is 1. The predicted octanol–water partition coefficient (Wildman–Crippen LogP) is 2.12. The maximum absolute atomic E-state index is 11.7. The average molecular weight is 264 g/mol. The fraction of sp³-hybridized carbons (Fsp3) is 0.250. The van der Waals surface area contributed by atoms with Crippen LogP contribution in [0.3, 0.4) is 0 Å². The third-order valence-corrected chi connectivity index (χ3v) is 3.87. The number of nitrogens with one attached hydrogen (secondary N) is 1. The molecule has 0 radical (unpaired) electrons. The Hall–Kier alpha value is -1.95. The molecule has 2 N–H and O–H groups in total. The Morgan fingerprint density at radius 1 is 1.39 bits per heavy atom. The highest BCUT2D eigenvalue weighted by Gasteiger charge is 2.16. The summed E-state index contributed by atoms with van der Waals surface area (Å²) in [5, 5.41) is 8.90. The van der Waals surface area contributed by atoms with Gasteiger partial charge in [0, 0.05) is 4.88 Å². The molecule has 0 aliphatic rings. The maximum atomic E-state index is 11.7. The van der Waals surface area contributed by atoms with Gasteiger partial charge in [0.1, 0.15) is 5.56 Å². The number of hydrogen-bond donors (Lipinski definition) is 2. The number of carboxylic acids is 1. The molecule has 2 aromatic rings. The summed E-state index contributed by atoms with van der Waals surface area (Å²) < 4.78 is 0. The summed E-state index contributed by atoms with van der Waals surface area (Å²) in [4.78, 5) is 31.2. The Bertz CT molecular complexity index is 666. The van der Waals surface area contributed by atoms with Crippen LogP contribution in [0.2, 0.25) is 0 Å². The van der Waals surface area contributed by atoms with Gasteiger partial charge in [0.2, 0.25) is 0 Å². The summed E-state index contributed by atoms with van der Waals surface area (Å²) in [6.07, 6.45) is 0. The Kier molecular flexibility index (Phi) is 3.04. The zero-order valence-corrected chi connectivity index (χ0v) is 11.0. The molecule has 5 nitrogen and oxygen atoms in total. The molecule has 0 spiro atoms. The lowest BCUT2D eigenvalue weighted by Crippen LogP contribution is -2.21. The second kappa shape index (κ2) is 4.38. The van der Waals surface area contributed by atoms with Crippen molar-refractivity contribution in [2.75, 3.05) is 0 Å². The van der Waals surface area contributed by atoms with Gasteiger partial charge < -0.3 is 10.1 Å². The second-order valence-corrected chi connectivity index (χ2v) is 5.29. The van der Waals surface area contributed by atoms with Crippen LogP contribution in [0.4, 0.5) is 0 Å². The number of thiophene rings is 1. The molecule has 0 amide bonds. The zero-order chi connectivity index (χ0) is 13.4. The first-order valence-electron chi connectivity index (χ1n) is 5.31. The molecule has 2 rings (SSSR count). The largest absolute Gasteiger partial charge is 0.477 e. The van der Waals surface area contributed by atoms with Crippen molar-refractivity contribution in [3.63, 3.8) is 0 Å². The fourth-order valence-corrected chi connectivity index (χ4v) is 2.62. The van der Waals surface area contributed by atoms with E-state index in [1.165, 1.54) is 18.3 Å². The van der Waals surface area contributed by atoms with Crippen LogP contribution in [-0.2, 0) is 0 Å². The van der Waals surface area contributed by atoms with Gasteiger partial charge in [-0.15, -0.1) is 11.3 Å². The Morgan fingerprint density at radius 2 is 2.06 bits per heavy atom. The molecule has 2 aromatic heterocycles. The number of aryl methyl sites for hydroxylation is 3. The maximum Gasteiger partial charge on any atom is 0.343 e. The molecule has 94 valence electrons. The normalized spacial score (nSPS) is 10.6. The van der Waals surface area contributed by atoms with Crippen LogP contribution in [0.15, 0.2) is 10.9 Å². The Balaban J connectivity index is 2.61. The van der Waals surface area contributed by atoms with Gasteiger partial charge >= 0.3 is 5.97 Å². The molecular weight excluding hydrogens is 252 g/mol. The molecule has 0 unspecified atom stereocenters. The van der Waals surface area contributed by atoms with Crippen molar-refractivity contribution in [3.8, 4) is 10.7 Å². The van der Waals surface area contributed by atoms with Crippen molar-refractivity contribution in [3.05, 3.63) is 38.1 Å². The monoisotopic (exact) mass is 264 g/mol. The van der Waals surface area contributed by atoms with Crippen molar-refractivity contribution < 1.29 is 9.90 Å². The van der Waals surface area contributed by atoms with Crippen LogP contribution in [0.5, 0.6) is 0 Å². The summed E-state index contributed by atoms with van der Waals surface area (Å²) in [6, 6.07) is 1.93. The van der Waals surface area contributed by atoms with E-state index in [4.69, 9.17) is 5.11 Å². The third-order valence-electron chi connectivity index (χ3n) is 2.71. The van der Waals surface area contributed by atoms with Crippen molar-refractivity contribution in [2.24, 2.45) is 0 Å². The molecule has 0 fully saturated rings. The molecule has 6 heteroatoms. The minimum absolute atomic E-state index is 0.227. The van der Waals surface area contributed by atoms with Crippen molar-refractivity contribution >= 4 is 17.3 Å². The predicted molar refractivity (Wildman–Crippen MR) is 69.3 cm³/mol. The number of carbonyl (C=O) groups is 1. The highest BCUT2D eigenvalue weighted by Crippen LogP contribution is 2.27. The van der Waals surface area contributed by atoms with Crippen molar-refractivity contribution in [2.45, 2.75) is 20.8 Å². The van der Waals surface area contributed by atoms with E-state index < -0.39 is 11.5 Å². The average Bonchev–Trinajstić information content (AvgIpc) is 2.57. The zero-order valence-electron chi connectivity index (χ0n) is 10.2. The van der Waals surface area contributed by atoms with Gasteiger partial charge in [-0.25, -0.2) is 9.78 Å². The van der Waals surface area contributed by atoms with Gasteiger partial charge in [-0.2, -0.15) is 0 Å². The van der Waals surface area contributed by atoms with E-state index in [0.717, 1.165) is 15.3 Å². The molecule has 0 aliphatic carbocycles. The highest BCUT2D eigenvalue weighted by atomic mass is 32.1. The van der Waals surface area contributed by atoms with Gasteiger partial charge in [0.25, 0.3) is 5.56 Å². The lowest BCUT2D eigenvalue weighted by Gasteiger charge is -2.02. The molecule has 2 heterocycles. The van der Waals surface area contributed by atoms with E-state index >= 15 is 0 Å². The van der Waals surface area contributed by atoms with Gasteiger partial charge in [0.15, 0.2) is 5.82 Å². The molecular formula is C12H12N2O3S. The molecule has 0 atom stereocenters. The summed E-state index contributed by atoms with van der Waals surface area (Å²) in [7, 11) is 0. The number of aromatic nitrogens is 2. The molecule has 0 saturated carbocycles. The Labute approximate surface area is 107 Å². The number of H-pyrrole nitrogens is 1. The van der Waals surface area contributed by atoms with Crippen LogP contribution >= 0.6 is 11.3 Å². The first kappa shape index (κ1) is 12.5. The van der Waals surface area contributed by atoms with Crippen LogP contribution in [-0.4, -0.2) is 21.0 Å². The van der Waals surface area contributed by atoms with E-state index in [2.05, 4.69) is 9.97 Å². The van der Waals surface area contributed by atoms with Crippen LogP contribution in [0, 0.1) is 20.8 Å². The lowest BCUT2D eigenvalue weighted by atomic mass is 10.2. The van der Waals surface area contributed by atoms with Crippen LogP contribution in [0.1, 0.15) is 26.5 Å². The van der Waals surface area contributed by atoms with E-state index in [1.54, 1.807) is 0 Å². The molecule has 0 aliphatic heterocycles. The minimum Gasteiger partial charge on any atom is -0.477 e. The van der Waals surface area contributed by atoms with Crippen LogP contribution < -0.4 is 5.56 Å². The first-order valence-corrected chi connectivity index (χ1v) is 6.13. The molecule has 0 bridgehead atoms. The fourth-order valence-electron chi connectivity index (χ4n) is 1.64. The lowest BCUT2D eigenvalue weighted by molar-refractivity contribution is 0.0693. The van der Waals surface area contributed by atoms with E-state index in [-0.39, 0.29) is 11.3 Å². The van der Waals surface area contributed by atoms with Crippen LogP contribution in [0.25, 0.3) is 10.7 Å². The molecule has 18 heavy (non-hydrogen) atoms. The second-order valence-electron chi connectivity index (χ2n) is 4.03. The van der Waals surface area contributed by atoms with Gasteiger partial charge in [-0.05, 0) is 32.4 Å². The topological polar surface area (TPSA) is 83.0 Å². The number of aromatic carboxylic acids is 1. The number of nitrogens with zero attached hydrogens (tertiary/aromatic N) is 1. The summed E-state index contributed by atoms with van der Waals surface area (Å²) in [6.45, 7) is 5.49. The first-order chi connectivity index (χ1) is 8.40. The SMILES string of the molecule is Cc1cc(-c2nc(C)c(C(=O)O)c(=O)[nH]2)sc1C. The van der Waals surface area contributed by atoms with E-state index in [1.807, 2.05) is 19.9 Å². The van der Waals surface area contributed by atoms with Crippen molar-refractivity contribution in [1.82, 2.24) is 9.97 Å². The van der Waals surface area contributed by atoms with Crippen molar-refractivity contribution in [1.29, 1.82) is 0 Å². The summed E-state index contributed by atoms with van der Waals surface area (Å²) in [5.41, 5.74) is 0.431. The number of rotatable bonds is 2. The Morgan fingerprint density at radius 3 is 2.50 bits per heavy atom. The summed E-state index contributed by atoms with van der Waals surface area (Å²) in [5.74, 6) is -0.838. The smallest absolute Gasteiger partial charge is 0.343 e. The standard InChI is InChI=1S/C12H12N2O3S/c1-5-4-8(18-7(5)3)10-13-6(2)9(12(16)17)11(15)14-10/h4H,1-3H3,(H,16,17)(H,13,14,15). The third kappa shape index (κ3) is 2.06. The van der Waals surface area contributed by atoms with E-state index in [9.17, 15) is 9.59 Å². The van der Waals surface area contributed by atoms with Gasteiger partial charge in [-0.3, -0.25) is 4.79 Å². The van der Waals surface area contributed by atoms with E-state index in [0.29, 0.717) is 5.82 Å². The minimum atomic E-state index is -1.26. The highest BCUT2D eigenvalue weighted by molar-refractivity contribution is 7.15. The molecule has 0 saturated heterocycles. The van der Waals surface area contributed by atoms with Gasteiger partial charge in [-0.1, -0.05) is 0 Å². The van der Waals surface area contributed by atoms with Gasteiger partial charge in [0.05, 0.1) is 10.6 Å². The number of hydrogen-bond acceptors (Lipinski definition) is 4. The summed E-state index contributed by atoms with van der Waals surface area (Å²) >= 11 is 1.52. The quantitative estimate of drug-likeness (QED) is 0.870. The number of aromatic amines is 1. The molecule has 0 aromatic carbocycles.